The number of nitrogens with one attached hydrogen (secondary N) is 2. The topological polar surface area (TPSA) is 62.9 Å². The summed E-state index contributed by atoms with van der Waals surface area (Å²) in [5, 5.41) is 7.11. The van der Waals surface area contributed by atoms with Gasteiger partial charge in [-0.25, -0.2) is 14.4 Å². The molecule has 1 fully saturated rings. The Morgan fingerprint density at radius 3 is 2.43 bits per heavy atom. The SMILES string of the molecule is Cl.Cl.Cl.Fc1ccc(Cn2c(NC3CCN(Cc4cn5c(n4)CNCC5)CC3)nc3ccccc32)cc1. The Balaban J connectivity index is 0.00000127. The second-order valence-electron chi connectivity index (χ2n) is 9.35. The number of imidazole rings is 2. The molecule has 2 aromatic carbocycles. The first-order valence-corrected chi connectivity index (χ1v) is 12.2. The molecule has 0 amide bonds. The number of rotatable bonds is 6. The summed E-state index contributed by atoms with van der Waals surface area (Å²) in [6.07, 6.45) is 4.35. The third kappa shape index (κ3) is 6.56. The van der Waals surface area contributed by atoms with Gasteiger partial charge in [0.05, 0.1) is 29.8 Å². The number of fused-ring (bicyclic) bond motifs is 2. The van der Waals surface area contributed by atoms with Crippen molar-refractivity contribution < 1.29 is 4.39 Å². The maximum absolute atomic E-state index is 13.4. The molecular formula is C26H33Cl3FN7. The lowest BCUT2D eigenvalue weighted by Crippen LogP contribution is -2.39. The second kappa shape index (κ2) is 12.9. The van der Waals surface area contributed by atoms with E-state index in [1.54, 1.807) is 0 Å². The highest BCUT2D eigenvalue weighted by Gasteiger charge is 2.23. The van der Waals surface area contributed by atoms with Crippen LogP contribution in [-0.2, 0) is 26.2 Å². The number of hydrogen-bond acceptors (Lipinski definition) is 5. The third-order valence-corrected chi connectivity index (χ3v) is 6.94. The van der Waals surface area contributed by atoms with Gasteiger partial charge in [-0.2, -0.15) is 0 Å². The van der Waals surface area contributed by atoms with E-state index in [2.05, 4.69) is 36.9 Å². The molecule has 200 valence electrons. The van der Waals surface area contributed by atoms with Crippen LogP contribution in [0.25, 0.3) is 11.0 Å². The van der Waals surface area contributed by atoms with Crippen LogP contribution in [0.15, 0.2) is 54.7 Å². The van der Waals surface area contributed by atoms with E-state index in [0.717, 1.165) is 80.5 Å². The van der Waals surface area contributed by atoms with Gasteiger partial charge in [0.2, 0.25) is 5.95 Å². The number of halogens is 4. The zero-order valence-corrected chi connectivity index (χ0v) is 22.9. The summed E-state index contributed by atoms with van der Waals surface area (Å²) < 4.78 is 17.9. The van der Waals surface area contributed by atoms with Gasteiger partial charge in [-0.1, -0.05) is 24.3 Å². The van der Waals surface area contributed by atoms with Crippen molar-refractivity contribution in [3.63, 3.8) is 0 Å². The van der Waals surface area contributed by atoms with Crippen LogP contribution in [0.3, 0.4) is 0 Å². The van der Waals surface area contributed by atoms with Crippen LogP contribution < -0.4 is 10.6 Å². The number of benzene rings is 2. The second-order valence-corrected chi connectivity index (χ2v) is 9.35. The highest BCUT2D eigenvalue weighted by Crippen LogP contribution is 2.24. The van der Waals surface area contributed by atoms with Crippen molar-refractivity contribution in [3.8, 4) is 0 Å². The molecular weight excluding hydrogens is 536 g/mol. The summed E-state index contributed by atoms with van der Waals surface area (Å²) in [6.45, 7) is 6.54. The lowest BCUT2D eigenvalue weighted by atomic mass is 10.1. The van der Waals surface area contributed by atoms with Crippen LogP contribution >= 0.6 is 37.2 Å². The van der Waals surface area contributed by atoms with Gasteiger partial charge < -0.3 is 19.8 Å². The molecule has 4 heterocycles. The van der Waals surface area contributed by atoms with Crippen LogP contribution in [0.5, 0.6) is 0 Å². The normalized spacial score (nSPS) is 15.8. The number of piperidine rings is 1. The summed E-state index contributed by atoms with van der Waals surface area (Å²) in [7, 11) is 0. The van der Waals surface area contributed by atoms with Crippen molar-refractivity contribution in [1.82, 2.24) is 29.3 Å². The molecule has 11 heteroatoms. The maximum atomic E-state index is 13.4. The Labute approximate surface area is 235 Å². The van der Waals surface area contributed by atoms with E-state index in [4.69, 9.17) is 9.97 Å². The molecule has 4 aromatic rings. The predicted molar refractivity (Wildman–Crippen MR) is 153 cm³/mol. The summed E-state index contributed by atoms with van der Waals surface area (Å²) in [6, 6.07) is 15.3. The number of anilines is 1. The first-order chi connectivity index (χ1) is 16.7. The minimum absolute atomic E-state index is 0. The van der Waals surface area contributed by atoms with Gasteiger partial charge in [-0.3, -0.25) is 4.90 Å². The van der Waals surface area contributed by atoms with Crippen molar-refractivity contribution in [1.29, 1.82) is 0 Å². The molecule has 2 aromatic heterocycles. The predicted octanol–water partition coefficient (Wildman–Crippen LogP) is 4.87. The van der Waals surface area contributed by atoms with E-state index >= 15 is 0 Å². The number of aromatic nitrogens is 4. The van der Waals surface area contributed by atoms with Gasteiger partial charge in [0.25, 0.3) is 0 Å². The van der Waals surface area contributed by atoms with Crippen LogP contribution in [0.1, 0.15) is 29.9 Å². The number of likely N-dealkylation sites (tertiary alicyclic amines) is 1. The molecule has 0 aliphatic carbocycles. The third-order valence-electron chi connectivity index (χ3n) is 6.94. The molecule has 0 spiro atoms. The Morgan fingerprint density at radius 2 is 1.68 bits per heavy atom. The highest BCUT2D eigenvalue weighted by atomic mass is 35.5. The lowest BCUT2D eigenvalue weighted by Gasteiger charge is -2.32. The average Bonchev–Trinajstić information content (AvgIpc) is 3.42. The van der Waals surface area contributed by atoms with E-state index in [0.29, 0.717) is 12.6 Å². The van der Waals surface area contributed by atoms with Crippen molar-refractivity contribution in [3.05, 3.63) is 77.6 Å². The summed E-state index contributed by atoms with van der Waals surface area (Å²) in [5.41, 5.74) is 4.29. The number of para-hydroxylation sites is 2. The summed E-state index contributed by atoms with van der Waals surface area (Å²) >= 11 is 0. The molecule has 37 heavy (non-hydrogen) atoms. The Hall–Kier alpha value is -2.36. The first-order valence-electron chi connectivity index (χ1n) is 12.2. The van der Waals surface area contributed by atoms with Crippen molar-refractivity contribution >= 4 is 54.2 Å². The minimum atomic E-state index is -0.211. The molecule has 2 aliphatic rings. The Kier molecular flexibility index (Phi) is 10.2. The minimum Gasteiger partial charge on any atom is -0.353 e. The molecule has 0 radical (unpaired) electrons. The van der Waals surface area contributed by atoms with Crippen LogP contribution in [-0.4, -0.2) is 49.7 Å². The van der Waals surface area contributed by atoms with Gasteiger partial charge in [0.1, 0.15) is 11.6 Å². The quantitative estimate of drug-likeness (QED) is 0.348. The summed E-state index contributed by atoms with van der Waals surface area (Å²) in [5.74, 6) is 1.83. The maximum Gasteiger partial charge on any atom is 0.204 e. The van der Waals surface area contributed by atoms with Gasteiger partial charge in [0.15, 0.2) is 0 Å². The fraction of sp³-hybridized carbons (Fsp3) is 0.385. The van der Waals surface area contributed by atoms with Gasteiger partial charge in [-0.15, -0.1) is 37.2 Å². The average molecular weight is 569 g/mol. The van der Waals surface area contributed by atoms with E-state index in [1.807, 2.05) is 30.3 Å². The zero-order valence-electron chi connectivity index (χ0n) is 20.5. The standard InChI is InChI=1S/C26H30FN7.3ClH/c27-20-7-5-19(6-8-20)16-34-24-4-2-1-3-23(24)31-26(34)30-21-9-12-32(13-10-21)17-22-18-33-14-11-28-15-25(33)29-22;;;/h1-8,18,21,28H,9-17H2,(H,30,31);3*1H. The van der Waals surface area contributed by atoms with Gasteiger partial charge in [0, 0.05) is 45.0 Å². The van der Waals surface area contributed by atoms with E-state index in [-0.39, 0.29) is 43.0 Å². The molecule has 0 bridgehead atoms. The van der Waals surface area contributed by atoms with Crippen molar-refractivity contribution in [2.75, 3.05) is 25.0 Å². The Morgan fingerprint density at radius 1 is 0.919 bits per heavy atom. The fourth-order valence-electron chi connectivity index (χ4n) is 5.09. The summed E-state index contributed by atoms with van der Waals surface area (Å²) in [4.78, 5) is 12.2. The van der Waals surface area contributed by atoms with E-state index in [1.165, 1.54) is 17.8 Å². The monoisotopic (exact) mass is 567 g/mol. The van der Waals surface area contributed by atoms with Crippen LogP contribution in [0.2, 0.25) is 0 Å². The molecule has 0 saturated carbocycles. The lowest BCUT2D eigenvalue weighted by molar-refractivity contribution is 0.209. The molecule has 6 rings (SSSR count). The van der Waals surface area contributed by atoms with Gasteiger partial charge >= 0.3 is 0 Å². The molecule has 2 N–H and O–H groups in total. The molecule has 0 atom stereocenters. The highest BCUT2D eigenvalue weighted by molar-refractivity contribution is 5.86. The van der Waals surface area contributed by atoms with Crippen molar-refractivity contribution in [2.24, 2.45) is 0 Å². The zero-order chi connectivity index (χ0) is 22.9. The smallest absolute Gasteiger partial charge is 0.204 e. The van der Waals surface area contributed by atoms with E-state index in [9.17, 15) is 4.39 Å². The molecule has 1 saturated heterocycles. The van der Waals surface area contributed by atoms with Gasteiger partial charge in [-0.05, 0) is 42.7 Å². The molecule has 7 nitrogen and oxygen atoms in total. The van der Waals surface area contributed by atoms with E-state index < -0.39 is 0 Å². The Bertz CT molecular complexity index is 1260. The molecule has 2 aliphatic heterocycles. The first kappa shape index (κ1) is 29.2. The largest absolute Gasteiger partial charge is 0.353 e. The fourth-order valence-corrected chi connectivity index (χ4v) is 5.09. The molecule has 0 unspecified atom stereocenters. The van der Waals surface area contributed by atoms with Crippen molar-refractivity contribution in [2.45, 2.75) is 45.1 Å². The number of hydrogen-bond donors (Lipinski definition) is 2. The van der Waals surface area contributed by atoms with Crippen LogP contribution in [0, 0.1) is 5.82 Å². The van der Waals surface area contributed by atoms with Crippen LogP contribution in [0.4, 0.5) is 10.3 Å². The number of nitrogens with zero attached hydrogens (tertiary/aromatic N) is 5.